The van der Waals surface area contributed by atoms with Crippen molar-refractivity contribution in [2.45, 2.75) is 99.0 Å². The van der Waals surface area contributed by atoms with Crippen LogP contribution in [0.2, 0.25) is 0 Å². The summed E-state index contributed by atoms with van der Waals surface area (Å²) in [7, 11) is 7.77. The zero-order valence-corrected chi connectivity index (χ0v) is 22.1. The van der Waals surface area contributed by atoms with Gasteiger partial charge in [0.2, 0.25) is 0 Å². The molecule has 184 valence electrons. The first-order chi connectivity index (χ1) is 15.8. The number of carbonyl (C=O) groups is 1. The van der Waals surface area contributed by atoms with Crippen molar-refractivity contribution in [3.8, 4) is 0 Å². The molecule has 0 bridgehead atoms. The second-order valence-electron chi connectivity index (χ2n) is 11.2. The van der Waals surface area contributed by atoms with E-state index in [2.05, 4.69) is 25.8 Å². The molecule has 4 rings (SSSR count). The Morgan fingerprint density at radius 1 is 1.18 bits per heavy atom. The van der Waals surface area contributed by atoms with Gasteiger partial charge in [-0.3, -0.25) is 9.78 Å². The number of hydrogen-bond acceptors (Lipinski definition) is 3. The predicted octanol–water partition coefficient (Wildman–Crippen LogP) is 5.58. The molecule has 0 spiro atoms. The van der Waals surface area contributed by atoms with Crippen molar-refractivity contribution >= 4 is 19.4 Å². The fraction of sp³-hybridized carbons (Fsp3) is 0.857. The molecular formula is C28H47BN2O2. The summed E-state index contributed by atoms with van der Waals surface area (Å²) in [5.41, 5.74) is 1.02. The van der Waals surface area contributed by atoms with Gasteiger partial charge in [0.25, 0.3) is 0 Å². The van der Waals surface area contributed by atoms with E-state index in [1.54, 1.807) is 6.20 Å². The maximum atomic E-state index is 13.4. The average Bonchev–Trinajstić information content (AvgIpc) is 3.37. The van der Waals surface area contributed by atoms with Crippen molar-refractivity contribution in [2.75, 3.05) is 13.7 Å². The summed E-state index contributed by atoms with van der Waals surface area (Å²) >= 11 is 0. The van der Waals surface area contributed by atoms with Gasteiger partial charge in [0, 0.05) is 37.8 Å². The molecule has 7 atom stereocenters. The Kier molecular flexibility index (Phi) is 8.91. The van der Waals surface area contributed by atoms with E-state index in [-0.39, 0.29) is 11.3 Å². The van der Waals surface area contributed by atoms with E-state index >= 15 is 0 Å². The number of hydrogen-bond donors (Lipinski definition) is 0. The van der Waals surface area contributed by atoms with Crippen LogP contribution < -0.4 is 5.72 Å². The lowest BCUT2D eigenvalue weighted by Gasteiger charge is -2.59. The second kappa shape index (κ2) is 11.1. The summed E-state index contributed by atoms with van der Waals surface area (Å²) < 4.78 is 7.29. The summed E-state index contributed by atoms with van der Waals surface area (Å²) in [6, 6.07) is 0. The Balaban J connectivity index is 0.00000149. The maximum Gasteiger partial charge on any atom is 0.167 e. The Bertz CT molecular complexity index is 780. The van der Waals surface area contributed by atoms with Crippen molar-refractivity contribution in [3.63, 3.8) is 0 Å². The largest absolute Gasteiger partial charge is 0.385 e. The molecule has 2 radical (unpaired) electrons. The van der Waals surface area contributed by atoms with Gasteiger partial charge in [0.05, 0.1) is 6.54 Å². The summed E-state index contributed by atoms with van der Waals surface area (Å²) in [6.45, 7) is 12.6. The van der Waals surface area contributed by atoms with Gasteiger partial charge in [-0.1, -0.05) is 41.0 Å². The maximum absolute atomic E-state index is 13.4. The van der Waals surface area contributed by atoms with Crippen molar-refractivity contribution in [3.05, 3.63) is 12.4 Å². The van der Waals surface area contributed by atoms with Gasteiger partial charge in [-0.25, -0.2) is 0 Å². The number of ether oxygens (including phenoxy) is 1. The third kappa shape index (κ3) is 4.86. The van der Waals surface area contributed by atoms with E-state index in [1.807, 2.05) is 31.7 Å². The lowest BCUT2D eigenvalue weighted by molar-refractivity contribution is -0.134. The molecule has 3 aliphatic carbocycles. The second-order valence-corrected chi connectivity index (χ2v) is 11.2. The monoisotopic (exact) mass is 454 g/mol. The van der Waals surface area contributed by atoms with Crippen molar-refractivity contribution in [1.82, 2.24) is 9.55 Å². The summed E-state index contributed by atoms with van der Waals surface area (Å²) in [5.74, 6) is 3.59. The molecule has 0 saturated heterocycles. The number of fused-ring (bicyclic) bond motifs is 3. The number of rotatable bonds is 8. The van der Waals surface area contributed by atoms with Crippen molar-refractivity contribution in [2.24, 2.45) is 40.4 Å². The summed E-state index contributed by atoms with van der Waals surface area (Å²) in [5, 5.41) is 0. The minimum atomic E-state index is 0.153. The molecule has 33 heavy (non-hydrogen) atoms. The average molecular weight is 455 g/mol. The fourth-order valence-corrected chi connectivity index (χ4v) is 8.48. The third-order valence-electron chi connectivity index (χ3n) is 9.99. The van der Waals surface area contributed by atoms with Gasteiger partial charge in [0.1, 0.15) is 0 Å². The van der Waals surface area contributed by atoms with Crippen LogP contribution in [0.1, 0.15) is 92.4 Å². The van der Waals surface area contributed by atoms with E-state index in [0.717, 1.165) is 30.8 Å². The van der Waals surface area contributed by atoms with Crippen molar-refractivity contribution in [1.29, 1.82) is 0 Å². The van der Waals surface area contributed by atoms with Crippen LogP contribution >= 0.6 is 0 Å². The molecule has 0 N–H and O–H groups in total. The summed E-state index contributed by atoms with van der Waals surface area (Å²) in [6.07, 6.45) is 14.7. The van der Waals surface area contributed by atoms with E-state index in [1.165, 1.54) is 51.4 Å². The molecule has 3 saturated carbocycles. The molecule has 3 fully saturated rings. The highest BCUT2D eigenvalue weighted by Gasteiger charge is 2.60. The first-order valence-electron chi connectivity index (χ1n) is 13.6. The number of carbonyl (C=O) groups excluding carboxylic acids is 1. The quantitative estimate of drug-likeness (QED) is 0.482. The van der Waals surface area contributed by atoms with Gasteiger partial charge in [0.15, 0.2) is 13.6 Å². The Hall–Kier alpha value is -1.10. The molecule has 7 unspecified atom stereocenters. The lowest BCUT2D eigenvalue weighted by Crippen LogP contribution is -2.52. The highest BCUT2D eigenvalue weighted by atomic mass is 16.5. The fourth-order valence-electron chi connectivity index (χ4n) is 8.48. The van der Waals surface area contributed by atoms with Crippen LogP contribution in [0.25, 0.3) is 0 Å². The van der Waals surface area contributed by atoms with Gasteiger partial charge >= 0.3 is 0 Å². The molecule has 4 nitrogen and oxygen atoms in total. The highest BCUT2D eigenvalue weighted by molar-refractivity contribution is 6.29. The number of ketones is 1. The van der Waals surface area contributed by atoms with Crippen LogP contribution in [0, 0.1) is 40.4 Å². The standard InChI is InChI=1S/C26H41BN2O2.C2H6/c1-5-12-25(2)18(11-16-31-4)6-7-19-20-8-9-22(26(20,3)13-10-21(19)25)23(30)17-29-15-14-28-24(29)27;1-2/h14-15,18-22H,5-13,16-17H2,1-4H3;1-2H3. The first-order valence-corrected chi connectivity index (χ1v) is 13.6. The smallest absolute Gasteiger partial charge is 0.167 e. The number of imidazole rings is 1. The SMILES string of the molecule is CC.[B]c1nccn1CC(=O)C1CCC2C3CCC(CCOC)C(C)(CCC)C3CCC12C. The van der Waals surface area contributed by atoms with E-state index < -0.39 is 0 Å². The van der Waals surface area contributed by atoms with Crippen LogP contribution in [0.3, 0.4) is 0 Å². The molecule has 0 aromatic carbocycles. The molecular weight excluding hydrogens is 407 g/mol. The molecule has 3 aliphatic rings. The van der Waals surface area contributed by atoms with Gasteiger partial charge in [-0.05, 0) is 85.9 Å². The van der Waals surface area contributed by atoms with Crippen LogP contribution in [-0.2, 0) is 16.1 Å². The van der Waals surface area contributed by atoms with E-state index in [9.17, 15) is 4.79 Å². The van der Waals surface area contributed by atoms with Gasteiger partial charge < -0.3 is 9.30 Å². The summed E-state index contributed by atoms with van der Waals surface area (Å²) in [4.78, 5) is 17.5. The topological polar surface area (TPSA) is 44.1 Å². The number of aromatic nitrogens is 2. The van der Waals surface area contributed by atoms with Gasteiger partial charge in [-0.15, -0.1) is 0 Å². The van der Waals surface area contributed by atoms with E-state index in [4.69, 9.17) is 12.6 Å². The molecule has 1 heterocycles. The van der Waals surface area contributed by atoms with Crippen LogP contribution in [0.15, 0.2) is 12.4 Å². The normalized spacial score (nSPS) is 37.6. The Morgan fingerprint density at radius 3 is 2.58 bits per heavy atom. The number of methoxy groups -OCH3 is 1. The molecule has 1 aromatic heterocycles. The van der Waals surface area contributed by atoms with Crippen LogP contribution in [0.4, 0.5) is 0 Å². The van der Waals surface area contributed by atoms with E-state index in [0.29, 0.717) is 29.4 Å². The first kappa shape index (κ1) is 26.5. The third-order valence-corrected chi connectivity index (χ3v) is 9.99. The Labute approximate surface area is 204 Å². The van der Waals surface area contributed by atoms with Crippen LogP contribution in [0.5, 0.6) is 0 Å². The Morgan fingerprint density at radius 2 is 1.94 bits per heavy atom. The molecule has 0 aliphatic heterocycles. The van der Waals surface area contributed by atoms with Crippen molar-refractivity contribution < 1.29 is 9.53 Å². The highest BCUT2D eigenvalue weighted by Crippen LogP contribution is 2.66. The molecule has 5 heteroatoms. The minimum absolute atomic E-state index is 0.153. The predicted molar refractivity (Wildman–Crippen MR) is 137 cm³/mol. The zero-order valence-electron chi connectivity index (χ0n) is 22.1. The zero-order chi connectivity index (χ0) is 24.2. The van der Waals surface area contributed by atoms with Gasteiger partial charge in [-0.2, -0.15) is 0 Å². The number of nitrogens with zero attached hydrogens (tertiary/aromatic N) is 2. The molecule has 0 amide bonds. The molecule has 1 aromatic rings. The number of Topliss-reactive ketones (excluding diaryl/α,β-unsaturated/α-hetero) is 1. The lowest BCUT2D eigenvalue weighted by atomic mass is 9.46. The minimum Gasteiger partial charge on any atom is -0.385 e. The van der Waals surface area contributed by atoms with Crippen LogP contribution in [-0.4, -0.2) is 36.9 Å².